The number of carbonyl (C=O) groups is 2. The lowest BCUT2D eigenvalue weighted by atomic mass is 10.1. The summed E-state index contributed by atoms with van der Waals surface area (Å²) in [5.41, 5.74) is 5.44. The number of amides is 3. The monoisotopic (exact) mass is 555 g/mol. The third-order valence-electron chi connectivity index (χ3n) is 5.24. The van der Waals surface area contributed by atoms with Gasteiger partial charge in [-0.1, -0.05) is 0 Å². The summed E-state index contributed by atoms with van der Waals surface area (Å²) in [6.07, 6.45) is 6.00. The molecule has 9 nitrogen and oxygen atoms in total. The van der Waals surface area contributed by atoms with Crippen LogP contribution in [0.2, 0.25) is 0 Å². The predicted octanol–water partition coefficient (Wildman–Crippen LogP) is 4.94. The summed E-state index contributed by atoms with van der Waals surface area (Å²) in [7, 11) is 1.72. The number of thiazole rings is 1. The number of hydrogen-bond acceptors (Lipinski definition) is 7. The van der Waals surface area contributed by atoms with Gasteiger partial charge in [0.15, 0.2) is 5.65 Å². The van der Waals surface area contributed by atoms with E-state index >= 15 is 0 Å². The largest absolute Gasteiger partial charge is 0.335 e. The van der Waals surface area contributed by atoms with Gasteiger partial charge in [0.1, 0.15) is 17.2 Å². The van der Waals surface area contributed by atoms with Crippen LogP contribution < -0.4 is 14.9 Å². The van der Waals surface area contributed by atoms with E-state index in [-0.39, 0.29) is 6.04 Å². The number of halogens is 2. The van der Waals surface area contributed by atoms with E-state index in [0.717, 1.165) is 46.0 Å². The molecule has 2 N–H and O–H groups in total. The molecule has 0 aliphatic rings. The molecule has 38 heavy (non-hydrogen) atoms. The highest BCUT2D eigenvalue weighted by Gasteiger charge is 2.11. The first-order chi connectivity index (χ1) is 18.3. The second kappa shape index (κ2) is 12.4. The van der Waals surface area contributed by atoms with Crippen LogP contribution in [0.4, 0.5) is 19.3 Å². The smallest absolute Gasteiger partial charge is 0.326 e. The van der Waals surface area contributed by atoms with Crippen molar-refractivity contribution in [1.29, 1.82) is 0 Å². The first-order valence-corrected chi connectivity index (χ1v) is 13.0. The molecule has 0 aliphatic heterocycles. The van der Waals surface area contributed by atoms with Crippen molar-refractivity contribution in [1.82, 2.24) is 29.0 Å². The maximum absolute atomic E-state index is 13.2. The second-order valence-corrected chi connectivity index (χ2v) is 9.84. The Kier molecular flexibility index (Phi) is 8.81. The highest BCUT2D eigenvalue weighted by atomic mass is 32.2. The fraction of sp³-hybridized carbons (Fsp3) is 0.160. The average molecular weight is 556 g/mol. The predicted molar refractivity (Wildman–Crippen MR) is 146 cm³/mol. The third kappa shape index (κ3) is 7.01. The van der Waals surface area contributed by atoms with Gasteiger partial charge in [0.2, 0.25) is 6.41 Å². The average Bonchev–Trinajstić information content (AvgIpc) is 3.53. The minimum absolute atomic E-state index is 0.303. The van der Waals surface area contributed by atoms with Crippen molar-refractivity contribution in [3.05, 3.63) is 83.8 Å². The molecule has 196 valence electrons. The quantitative estimate of drug-likeness (QED) is 0.218. The standard InChI is InChI=1S/C16H15F2N5OS.C9H8N2OS/c1-10(6-11-7-12(17)9-13(18)8-11)21-16(24)22-25-23-5-2-14-15(23)20-4-3-19-14;1-11(6-12)7-2-3-9-8(4-7)10-5-13-9/h2-5,7-10H,6H2,1H3,(H2,21,22,24);2-6H,1H3. The van der Waals surface area contributed by atoms with Crippen LogP contribution in [0.15, 0.2) is 66.6 Å². The van der Waals surface area contributed by atoms with Crippen LogP contribution in [-0.4, -0.2) is 44.5 Å². The summed E-state index contributed by atoms with van der Waals surface area (Å²) in [6, 6.07) is 10.2. The molecule has 3 amide bonds. The molecule has 0 bridgehead atoms. The summed E-state index contributed by atoms with van der Waals surface area (Å²) in [6.45, 7) is 1.75. The van der Waals surface area contributed by atoms with E-state index in [1.807, 2.05) is 18.2 Å². The third-order valence-corrected chi connectivity index (χ3v) is 6.82. The number of nitrogens with one attached hydrogen (secondary N) is 2. The normalized spacial score (nSPS) is 11.5. The Morgan fingerprint density at radius 1 is 1.11 bits per heavy atom. The Hall–Kier alpha value is -4.10. The van der Waals surface area contributed by atoms with Gasteiger partial charge in [-0.2, -0.15) is 0 Å². The summed E-state index contributed by atoms with van der Waals surface area (Å²) in [5.74, 6) is -1.27. The number of anilines is 1. The first-order valence-electron chi connectivity index (χ1n) is 11.3. The molecule has 13 heteroatoms. The Morgan fingerprint density at radius 2 is 1.87 bits per heavy atom. The Bertz CT molecular complexity index is 1540. The van der Waals surface area contributed by atoms with Crippen LogP contribution >= 0.6 is 23.5 Å². The van der Waals surface area contributed by atoms with Gasteiger partial charge in [0.05, 0.1) is 27.9 Å². The molecule has 0 spiro atoms. The van der Waals surface area contributed by atoms with Crippen LogP contribution in [0.1, 0.15) is 12.5 Å². The van der Waals surface area contributed by atoms with Gasteiger partial charge in [-0.05, 0) is 55.3 Å². The van der Waals surface area contributed by atoms with E-state index in [2.05, 4.69) is 25.0 Å². The zero-order valence-corrected chi connectivity index (χ0v) is 22.0. The lowest BCUT2D eigenvalue weighted by molar-refractivity contribution is -0.107. The number of urea groups is 1. The van der Waals surface area contributed by atoms with Gasteiger partial charge < -0.3 is 10.2 Å². The molecule has 5 rings (SSSR count). The van der Waals surface area contributed by atoms with Crippen LogP contribution in [0, 0.1) is 11.6 Å². The fourth-order valence-electron chi connectivity index (χ4n) is 3.52. The number of benzene rings is 2. The Morgan fingerprint density at radius 3 is 2.63 bits per heavy atom. The van der Waals surface area contributed by atoms with Crippen LogP contribution in [0.5, 0.6) is 0 Å². The number of nitrogens with zero attached hydrogens (tertiary/aromatic N) is 5. The van der Waals surface area contributed by atoms with Crippen LogP contribution in [0.3, 0.4) is 0 Å². The van der Waals surface area contributed by atoms with Crippen LogP contribution in [0.25, 0.3) is 21.4 Å². The minimum atomic E-state index is -0.636. The Labute approximate surface area is 225 Å². The van der Waals surface area contributed by atoms with E-state index in [9.17, 15) is 18.4 Å². The highest BCUT2D eigenvalue weighted by Crippen LogP contribution is 2.22. The number of rotatable bonds is 7. The van der Waals surface area contributed by atoms with Gasteiger partial charge in [-0.25, -0.2) is 23.5 Å². The molecule has 0 radical (unpaired) electrons. The lowest BCUT2D eigenvalue weighted by Crippen LogP contribution is -2.39. The summed E-state index contributed by atoms with van der Waals surface area (Å²) >= 11 is 2.65. The second-order valence-electron chi connectivity index (χ2n) is 8.18. The molecule has 0 aliphatic carbocycles. The topological polar surface area (TPSA) is 105 Å². The van der Waals surface area contributed by atoms with Gasteiger partial charge >= 0.3 is 6.03 Å². The number of aromatic nitrogens is 4. The molecule has 1 atom stereocenters. The summed E-state index contributed by atoms with van der Waals surface area (Å²) in [5, 5.41) is 2.71. The number of carbonyl (C=O) groups excluding carboxylic acids is 2. The molecule has 3 aromatic heterocycles. The van der Waals surface area contributed by atoms with Crippen molar-refractivity contribution in [2.24, 2.45) is 0 Å². The van der Waals surface area contributed by atoms with Crippen LogP contribution in [-0.2, 0) is 11.2 Å². The van der Waals surface area contributed by atoms with Crippen molar-refractivity contribution in [2.45, 2.75) is 19.4 Å². The molecule has 1 unspecified atom stereocenters. The lowest BCUT2D eigenvalue weighted by Gasteiger charge is -2.14. The molecular formula is C25H23F2N7O2S2. The van der Waals surface area contributed by atoms with Crippen molar-refractivity contribution >= 4 is 63.0 Å². The summed E-state index contributed by atoms with van der Waals surface area (Å²) < 4.78 is 31.8. The number of fused-ring (bicyclic) bond motifs is 2. The van der Waals surface area contributed by atoms with Gasteiger partial charge in [-0.15, -0.1) is 11.3 Å². The first kappa shape index (κ1) is 26.9. The maximum Gasteiger partial charge on any atom is 0.326 e. The van der Waals surface area contributed by atoms with Crippen molar-refractivity contribution in [2.75, 3.05) is 11.9 Å². The van der Waals surface area contributed by atoms with Crippen molar-refractivity contribution < 1.29 is 18.4 Å². The minimum Gasteiger partial charge on any atom is -0.335 e. The van der Waals surface area contributed by atoms with E-state index in [0.29, 0.717) is 17.6 Å². The SMILES string of the molecule is CC(Cc1cc(F)cc(F)c1)NC(=O)NSn1ccc2nccnc21.CN(C=O)c1ccc2scnc2c1. The molecule has 0 fully saturated rings. The van der Waals surface area contributed by atoms with E-state index in [4.69, 9.17) is 0 Å². The van der Waals surface area contributed by atoms with E-state index < -0.39 is 17.7 Å². The van der Waals surface area contributed by atoms with Gasteiger partial charge in [-0.3, -0.25) is 18.5 Å². The van der Waals surface area contributed by atoms with Crippen molar-refractivity contribution in [3.8, 4) is 0 Å². The van der Waals surface area contributed by atoms with Crippen molar-refractivity contribution in [3.63, 3.8) is 0 Å². The zero-order chi connectivity index (χ0) is 27.1. The van der Waals surface area contributed by atoms with E-state index in [1.165, 1.54) is 17.0 Å². The molecule has 2 aromatic carbocycles. The highest BCUT2D eigenvalue weighted by molar-refractivity contribution is 7.96. The molecule has 5 aromatic rings. The molecule has 0 saturated carbocycles. The van der Waals surface area contributed by atoms with Gasteiger partial charge in [0.25, 0.3) is 0 Å². The Balaban J connectivity index is 0.000000216. The maximum atomic E-state index is 13.2. The fourth-order valence-corrected chi connectivity index (χ4v) is 4.76. The zero-order valence-electron chi connectivity index (χ0n) is 20.3. The summed E-state index contributed by atoms with van der Waals surface area (Å²) in [4.78, 5) is 36.5. The molecule has 3 heterocycles. The number of hydrogen-bond donors (Lipinski definition) is 2. The molecule has 0 saturated heterocycles. The van der Waals surface area contributed by atoms with E-state index in [1.54, 1.807) is 59.4 Å². The molecular weight excluding hydrogens is 532 g/mol. The van der Waals surface area contributed by atoms with Gasteiger partial charge in [0, 0.05) is 43.4 Å².